The number of carboxylic acids is 2. The van der Waals surface area contributed by atoms with Gasteiger partial charge in [-0.25, -0.2) is 0 Å². The molecule has 0 aliphatic carbocycles. The molecule has 0 amide bonds. The maximum absolute atomic E-state index is 10.3. The van der Waals surface area contributed by atoms with Gasteiger partial charge in [-0.15, -0.1) is 0 Å². The largest absolute Gasteiger partial charge is 0.481 e. The van der Waals surface area contributed by atoms with E-state index in [-0.39, 0.29) is 13.2 Å². The maximum Gasteiger partial charge on any atom is 0.303 e. The van der Waals surface area contributed by atoms with Crippen molar-refractivity contribution in [3.63, 3.8) is 0 Å². The number of aliphatic hydroxyl groups is 2. The zero-order chi connectivity index (χ0) is 29.7. The first-order valence-corrected chi connectivity index (χ1v) is 16.6. The molecule has 39 heavy (non-hydrogen) atoms. The zero-order valence-corrected chi connectivity index (χ0v) is 26.1. The SMILES string of the molecule is CCCCCCCCCCCCCCC(=O)O.CCCCCCCCCCCCCCC(=O)O.OCCCO. The predicted molar refractivity (Wildman–Crippen MR) is 165 cm³/mol. The average molecular weight is 561 g/mol. The first kappa shape index (κ1) is 42.3. The van der Waals surface area contributed by atoms with E-state index in [1.54, 1.807) is 0 Å². The zero-order valence-electron chi connectivity index (χ0n) is 26.1. The summed E-state index contributed by atoms with van der Waals surface area (Å²) in [4.78, 5) is 20.6. The number of carbonyl (C=O) groups is 2. The molecule has 236 valence electrons. The Bertz CT molecular complexity index is 415. The Morgan fingerprint density at radius 3 is 0.718 bits per heavy atom. The third kappa shape index (κ3) is 53.8. The summed E-state index contributed by atoms with van der Waals surface area (Å²) in [7, 11) is 0. The van der Waals surface area contributed by atoms with Gasteiger partial charge in [-0.1, -0.05) is 155 Å². The fourth-order valence-electron chi connectivity index (χ4n) is 4.31. The summed E-state index contributed by atoms with van der Waals surface area (Å²) < 4.78 is 0. The lowest BCUT2D eigenvalue weighted by Crippen LogP contribution is -1.93. The van der Waals surface area contributed by atoms with Gasteiger partial charge in [0.2, 0.25) is 0 Å². The van der Waals surface area contributed by atoms with Crippen molar-refractivity contribution in [3.8, 4) is 0 Å². The highest BCUT2D eigenvalue weighted by molar-refractivity contribution is 5.66. The van der Waals surface area contributed by atoms with E-state index in [1.165, 1.54) is 128 Å². The lowest BCUT2D eigenvalue weighted by Gasteiger charge is -2.02. The number of rotatable bonds is 28. The standard InChI is InChI=1S/2C15H30O2.C3H8O2/c2*1-2-3-4-5-6-7-8-9-10-11-12-13-14-15(16)17;4-2-1-3-5/h2*2-14H2,1H3,(H,16,17);4-5H,1-3H2. The molecule has 0 atom stereocenters. The highest BCUT2D eigenvalue weighted by Crippen LogP contribution is 2.13. The number of unbranched alkanes of at least 4 members (excludes halogenated alkanes) is 22. The Balaban J connectivity index is -0.000000566. The second kappa shape index (κ2) is 41.3. The summed E-state index contributed by atoms with van der Waals surface area (Å²) in [6.45, 7) is 4.70. The lowest BCUT2D eigenvalue weighted by atomic mass is 10.0. The molecule has 0 aromatic rings. The van der Waals surface area contributed by atoms with Crippen molar-refractivity contribution in [1.82, 2.24) is 0 Å². The molecule has 0 saturated heterocycles. The topological polar surface area (TPSA) is 115 Å². The molecule has 0 unspecified atom stereocenters. The van der Waals surface area contributed by atoms with Crippen LogP contribution in [-0.2, 0) is 9.59 Å². The Kier molecular flexibility index (Phi) is 44.9. The Morgan fingerprint density at radius 1 is 0.359 bits per heavy atom. The van der Waals surface area contributed by atoms with Crippen LogP contribution in [0.2, 0.25) is 0 Å². The number of hydrogen-bond acceptors (Lipinski definition) is 4. The van der Waals surface area contributed by atoms with E-state index in [4.69, 9.17) is 20.4 Å². The molecule has 0 aliphatic rings. The molecule has 0 saturated carbocycles. The summed E-state index contributed by atoms with van der Waals surface area (Å²) in [5, 5.41) is 32.8. The fraction of sp³-hybridized carbons (Fsp3) is 0.939. The fourth-order valence-corrected chi connectivity index (χ4v) is 4.31. The van der Waals surface area contributed by atoms with Gasteiger partial charge in [0.15, 0.2) is 0 Å². The van der Waals surface area contributed by atoms with Gasteiger partial charge in [0, 0.05) is 26.1 Å². The molecule has 0 spiro atoms. The van der Waals surface area contributed by atoms with Gasteiger partial charge in [0.1, 0.15) is 0 Å². The summed E-state index contributed by atoms with van der Waals surface area (Å²) in [6.07, 6.45) is 32.1. The van der Waals surface area contributed by atoms with E-state index in [0.717, 1.165) is 25.7 Å². The third-order valence-electron chi connectivity index (χ3n) is 6.80. The third-order valence-corrected chi connectivity index (χ3v) is 6.80. The first-order chi connectivity index (χ1) is 19.0. The molecule has 0 radical (unpaired) electrons. The van der Waals surface area contributed by atoms with Crippen molar-refractivity contribution in [2.75, 3.05) is 13.2 Å². The van der Waals surface area contributed by atoms with Crippen molar-refractivity contribution < 1.29 is 30.0 Å². The van der Waals surface area contributed by atoms with Crippen LogP contribution in [0, 0.1) is 0 Å². The second-order valence-electron chi connectivity index (χ2n) is 10.9. The van der Waals surface area contributed by atoms with Gasteiger partial charge in [0.25, 0.3) is 0 Å². The van der Waals surface area contributed by atoms with E-state index < -0.39 is 11.9 Å². The van der Waals surface area contributed by atoms with Gasteiger partial charge in [-0.2, -0.15) is 0 Å². The highest BCUT2D eigenvalue weighted by Gasteiger charge is 1.98. The normalized spacial score (nSPS) is 10.4. The average Bonchev–Trinajstić information content (AvgIpc) is 2.91. The monoisotopic (exact) mass is 561 g/mol. The summed E-state index contributed by atoms with van der Waals surface area (Å²) in [5.74, 6) is -1.31. The van der Waals surface area contributed by atoms with Crippen LogP contribution in [0.3, 0.4) is 0 Å². The maximum atomic E-state index is 10.3. The molecule has 0 aromatic heterocycles. The van der Waals surface area contributed by atoms with Gasteiger partial charge >= 0.3 is 11.9 Å². The summed E-state index contributed by atoms with van der Waals surface area (Å²) >= 11 is 0. The van der Waals surface area contributed by atoms with Gasteiger partial charge in [0.05, 0.1) is 0 Å². The van der Waals surface area contributed by atoms with Crippen molar-refractivity contribution in [3.05, 3.63) is 0 Å². The molecule has 0 fully saturated rings. The van der Waals surface area contributed by atoms with E-state index in [9.17, 15) is 9.59 Å². The summed E-state index contributed by atoms with van der Waals surface area (Å²) in [6, 6.07) is 0. The van der Waals surface area contributed by atoms with E-state index >= 15 is 0 Å². The van der Waals surface area contributed by atoms with Crippen molar-refractivity contribution in [2.24, 2.45) is 0 Å². The smallest absolute Gasteiger partial charge is 0.303 e. The van der Waals surface area contributed by atoms with Crippen molar-refractivity contribution >= 4 is 11.9 Å². The van der Waals surface area contributed by atoms with Gasteiger partial charge < -0.3 is 20.4 Å². The minimum atomic E-state index is -0.655. The van der Waals surface area contributed by atoms with Crippen LogP contribution in [0.15, 0.2) is 0 Å². The lowest BCUT2D eigenvalue weighted by molar-refractivity contribution is -0.138. The van der Waals surface area contributed by atoms with Crippen LogP contribution >= 0.6 is 0 Å². The van der Waals surface area contributed by atoms with Crippen LogP contribution in [0.5, 0.6) is 0 Å². The minimum Gasteiger partial charge on any atom is -0.481 e. The van der Waals surface area contributed by atoms with Crippen LogP contribution in [0.25, 0.3) is 0 Å². The van der Waals surface area contributed by atoms with Crippen molar-refractivity contribution in [1.29, 1.82) is 0 Å². The Labute approximate surface area is 242 Å². The number of carboxylic acid groups (broad SMARTS) is 2. The van der Waals surface area contributed by atoms with Crippen LogP contribution in [0.4, 0.5) is 0 Å². The Morgan fingerprint density at radius 2 is 0.564 bits per heavy atom. The molecule has 6 nitrogen and oxygen atoms in total. The molecule has 0 aliphatic heterocycles. The molecule has 4 N–H and O–H groups in total. The van der Waals surface area contributed by atoms with E-state index in [2.05, 4.69) is 13.8 Å². The second-order valence-corrected chi connectivity index (χ2v) is 10.9. The van der Waals surface area contributed by atoms with Crippen molar-refractivity contribution in [2.45, 2.75) is 187 Å². The highest BCUT2D eigenvalue weighted by atomic mass is 16.4. The van der Waals surface area contributed by atoms with Gasteiger partial charge in [-0.3, -0.25) is 9.59 Å². The molecule has 0 bridgehead atoms. The number of aliphatic hydroxyl groups excluding tert-OH is 2. The minimum absolute atomic E-state index is 0.0938. The molecule has 6 heteroatoms. The quantitative estimate of drug-likeness (QED) is 0.0708. The summed E-state index contributed by atoms with van der Waals surface area (Å²) in [5.41, 5.74) is 0. The van der Waals surface area contributed by atoms with Crippen LogP contribution < -0.4 is 0 Å². The predicted octanol–water partition coefficient (Wildman–Crippen LogP) is 9.69. The van der Waals surface area contributed by atoms with Gasteiger partial charge in [-0.05, 0) is 19.3 Å². The molecular formula is C33H68O6. The first-order valence-electron chi connectivity index (χ1n) is 16.6. The molecular weight excluding hydrogens is 492 g/mol. The molecule has 0 aromatic carbocycles. The number of aliphatic carboxylic acids is 2. The molecule has 0 heterocycles. The molecule has 0 rings (SSSR count). The van der Waals surface area contributed by atoms with Crippen LogP contribution in [0.1, 0.15) is 187 Å². The Hall–Kier alpha value is -1.14. The van der Waals surface area contributed by atoms with E-state index in [0.29, 0.717) is 19.3 Å². The van der Waals surface area contributed by atoms with Crippen LogP contribution in [-0.4, -0.2) is 45.6 Å². The number of hydrogen-bond donors (Lipinski definition) is 4. The van der Waals surface area contributed by atoms with E-state index in [1.807, 2.05) is 0 Å².